The topological polar surface area (TPSA) is 140 Å². The van der Waals surface area contributed by atoms with Crippen molar-refractivity contribution >= 4 is 23.8 Å². The molecule has 0 bridgehead atoms. The number of benzene rings is 2. The molecule has 0 saturated carbocycles. The average molecular weight is 470 g/mol. The largest absolute Gasteiger partial charge is 0.504 e. The molecule has 34 heavy (non-hydrogen) atoms. The zero-order valence-electron chi connectivity index (χ0n) is 19.0. The third-order valence-corrected chi connectivity index (χ3v) is 4.52. The van der Waals surface area contributed by atoms with Crippen molar-refractivity contribution in [2.75, 3.05) is 20.3 Å². The van der Waals surface area contributed by atoms with Gasteiger partial charge >= 0.3 is 11.9 Å². The van der Waals surface area contributed by atoms with Crippen molar-refractivity contribution in [1.29, 1.82) is 0 Å². The van der Waals surface area contributed by atoms with Gasteiger partial charge in [-0.2, -0.15) is 0 Å². The quantitative estimate of drug-likeness (QED) is 0.240. The first kappa shape index (κ1) is 26.0. The van der Waals surface area contributed by atoms with Gasteiger partial charge in [0.2, 0.25) is 0 Å². The second-order valence-electron chi connectivity index (χ2n) is 7.41. The summed E-state index contributed by atoms with van der Waals surface area (Å²) in [5, 5.41) is 28.3. The molecule has 0 aliphatic rings. The molecule has 180 valence electrons. The zero-order valence-corrected chi connectivity index (χ0v) is 19.0. The molecule has 3 N–H and O–H groups in total. The van der Waals surface area contributed by atoms with Gasteiger partial charge in [0, 0.05) is 5.56 Å². The van der Waals surface area contributed by atoms with Crippen LogP contribution in [0.15, 0.2) is 48.1 Å². The lowest BCUT2D eigenvalue weighted by Gasteiger charge is -2.13. The molecule has 0 aromatic heterocycles. The fourth-order valence-electron chi connectivity index (χ4n) is 2.87. The number of phenols is 1. The van der Waals surface area contributed by atoms with Crippen LogP contribution in [0.5, 0.6) is 23.0 Å². The Kier molecular flexibility index (Phi) is 9.25. The van der Waals surface area contributed by atoms with E-state index in [1.807, 2.05) is 19.9 Å². The number of ether oxygens (including phenoxy) is 3. The summed E-state index contributed by atoms with van der Waals surface area (Å²) in [5.41, 5.74) is 2.09. The summed E-state index contributed by atoms with van der Waals surface area (Å²) in [6, 6.07) is 7.73. The SMILES string of the molecule is COc1cc(C=CC(=O)c2ccc(CC=C(C)C)c(O)c2OCC(=O)O)ccc1OCC(=O)O. The van der Waals surface area contributed by atoms with Gasteiger partial charge in [0.05, 0.1) is 12.7 Å². The van der Waals surface area contributed by atoms with E-state index < -0.39 is 30.9 Å². The number of carboxylic acid groups (broad SMARTS) is 2. The summed E-state index contributed by atoms with van der Waals surface area (Å²) in [6.45, 7) is 2.55. The van der Waals surface area contributed by atoms with E-state index in [2.05, 4.69) is 0 Å². The second kappa shape index (κ2) is 12.1. The van der Waals surface area contributed by atoms with Crippen LogP contribution in [0.1, 0.15) is 35.3 Å². The number of allylic oxidation sites excluding steroid dienone is 3. The Bertz CT molecular complexity index is 1130. The number of methoxy groups -OCH3 is 1. The third-order valence-electron chi connectivity index (χ3n) is 4.52. The number of carboxylic acids is 2. The molecule has 0 atom stereocenters. The van der Waals surface area contributed by atoms with Crippen molar-refractivity contribution in [1.82, 2.24) is 0 Å². The zero-order chi connectivity index (χ0) is 25.3. The highest BCUT2D eigenvalue weighted by Gasteiger charge is 2.19. The number of phenolic OH excluding ortho intramolecular Hbond substituents is 1. The van der Waals surface area contributed by atoms with Crippen molar-refractivity contribution in [3.63, 3.8) is 0 Å². The summed E-state index contributed by atoms with van der Waals surface area (Å²) in [4.78, 5) is 34.5. The first-order valence-electron chi connectivity index (χ1n) is 10.2. The molecule has 0 heterocycles. The van der Waals surface area contributed by atoms with Crippen LogP contribution < -0.4 is 14.2 Å². The van der Waals surface area contributed by atoms with Gasteiger partial charge < -0.3 is 29.5 Å². The van der Waals surface area contributed by atoms with Crippen molar-refractivity contribution in [3.05, 3.63) is 64.7 Å². The minimum atomic E-state index is -1.25. The first-order valence-corrected chi connectivity index (χ1v) is 10.2. The van der Waals surface area contributed by atoms with E-state index in [1.54, 1.807) is 18.2 Å². The fraction of sp³-hybridized carbons (Fsp3) is 0.240. The number of hydrogen-bond donors (Lipinski definition) is 3. The van der Waals surface area contributed by atoms with Gasteiger partial charge in [-0.05, 0) is 50.1 Å². The van der Waals surface area contributed by atoms with Crippen LogP contribution in [0.3, 0.4) is 0 Å². The van der Waals surface area contributed by atoms with E-state index in [-0.39, 0.29) is 28.6 Å². The summed E-state index contributed by atoms with van der Waals surface area (Å²) in [5.74, 6) is -2.88. The molecule has 9 heteroatoms. The second-order valence-corrected chi connectivity index (χ2v) is 7.41. The van der Waals surface area contributed by atoms with Crippen LogP contribution in [0.2, 0.25) is 0 Å². The van der Waals surface area contributed by atoms with Crippen molar-refractivity contribution in [2.45, 2.75) is 20.3 Å². The number of carbonyl (C=O) groups is 3. The molecule has 2 rings (SSSR count). The summed E-state index contributed by atoms with van der Waals surface area (Å²) >= 11 is 0. The predicted molar refractivity (Wildman–Crippen MR) is 124 cm³/mol. The Morgan fingerprint density at radius 1 is 0.941 bits per heavy atom. The summed E-state index contributed by atoms with van der Waals surface area (Å²) in [6.07, 6.45) is 5.00. The van der Waals surface area contributed by atoms with Crippen LogP contribution in [-0.2, 0) is 16.0 Å². The molecule has 0 amide bonds. The molecule has 0 aliphatic carbocycles. The molecule has 9 nitrogen and oxygen atoms in total. The number of aliphatic carboxylic acids is 2. The maximum Gasteiger partial charge on any atom is 0.341 e. The van der Waals surface area contributed by atoms with Gasteiger partial charge in [0.25, 0.3) is 0 Å². The lowest BCUT2D eigenvalue weighted by Crippen LogP contribution is -2.12. The average Bonchev–Trinajstić information content (AvgIpc) is 2.79. The van der Waals surface area contributed by atoms with Gasteiger partial charge in [0.15, 0.2) is 42.0 Å². The van der Waals surface area contributed by atoms with Crippen molar-refractivity contribution < 1.29 is 43.9 Å². The maximum absolute atomic E-state index is 12.9. The molecule has 0 spiro atoms. The standard InChI is InChI=1S/C25H26O9/c1-15(2)4-7-17-8-9-18(25(24(17)31)34-14-23(29)30)19(26)10-5-16-6-11-20(21(12-16)32-3)33-13-22(27)28/h4-6,8-12,31H,7,13-14H2,1-3H3,(H,27,28)(H,29,30). The van der Waals surface area contributed by atoms with Crippen LogP contribution in [0.4, 0.5) is 0 Å². The molecule has 0 unspecified atom stereocenters. The summed E-state index contributed by atoms with van der Waals surface area (Å²) < 4.78 is 15.6. The molecule has 0 aliphatic heterocycles. The Hall–Kier alpha value is -4.27. The molecule has 2 aromatic carbocycles. The summed E-state index contributed by atoms with van der Waals surface area (Å²) in [7, 11) is 1.40. The highest BCUT2D eigenvalue weighted by molar-refractivity contribution is 6.09. The number of aromatic hydroxyl groups is 1. The highest BCUT2D eigenvalue weighted by Crippen LogP contribution is 2.35. The fourth-order valence-corrected chi connectivity index (χ4v) is 2.87. The Morgan fingerprint density at radius 2 is 1.62 bits per heavy atom. The monoisotopic (exact) mass is 470 g/mol. The van der Waals surface area contributed by atoms with E-state index in [0.717, 1.165) is 5.57 Å². The minimum Gasteiger partial charge on any atom is -0.504 e. The molecule has 0 radical (unpaired) electrons. The van der Waals surface area contributed by atoms with Gasteiger partial charge in [-0.25, -0.2) is 9.59 Å². The van der Waals surface area contributed by atoms with Gasteiger partial charge in [-0.3, -0.25) is 4.79 Å². The Morgan fingerprint density at radius 3 is 2.24 bits per heavy atom. The van der Waals surface area contributed by atoms with E-state index in [0.29, 0.717) is 17.5 Å². The lowest BCUT2D eigenvalue weighted by molar-refractivity contribution is -0.140. The molecule has 2 aromatic rings. The van der Waals surface area contributed by atoms with Crippen LogP contribution >= 0.6 is 0 Å². The molecular formula is C25H26O9. The van der Waals surface area contributed by atoms with Crippen molar-refractivity contribution in [3.8, 4) is 23.0 Å². The maximum atomic E-state index is 12.9. The number of hydrogen-bond acceptors (Lipinski definition) is 7. The highest BCUT2D eigenvalue weighted by atomic mass is 16.5. The van der Waals surface area contributed by atoms with Crippen LogP contribution in [-0.4, -0.2) is 53.4 Å². The smallest absolute Gasteiger partial charge is 0.341 e. The molecular weight excluding hydrogens is 444 g/mol. The number of ketones is 1. The Balaban J connectivity index is 2.33. The minimum absolute atomic E-state index is 0.00401. The van der Waals surface area contributed by atoms with Crippen LogP contribution in [0, 0.1) is 0 Å². The van der Waals surface area contributed by atoms with Gasteiger partial charge in [0.1, 0.15) is 0 Å². The number of carbonyl (C=O) groups excluding carboxylic acids is 1. The van der Waals surface area contributed by atoms with Gasteiger partial charge in [-0.1, -0.05) is 29.9 Å². The van der Waals surface area contributed by atoms with E-state index in [4.69, 9.17) is 24.4 Å². The van der Waals surface area contributed by atoms with E-state index in [1.165, 1.54) is 31.4 Å². The first-order chi connectivity index (χ1) is 16.1. The third kappa shape index (κ3) is 7.40. The normalized spacial score (nSPS) is 10.6. The van der Waals surface area contributed by atoms with Crippen molar-refractivity contribution in [2.24, 2.45) is 0 Å². The lowest BCUT2D eigenvalue weighted by atomic mass is 10.0. The van der Waals surface area contributed by atoms with E-state index in [9.17, 15) is 19.5 Å². The Labute approximate surface area is 196 Å². The van der Waals surface area contributed by atoms with Crippen LogP contribution in [0.25, 0.3) is 6.08 Å². The van der Waals surface area contributed by atoms with Gasteiger partial charge in [-0.15, -0.1) is 0 Å². The van der Waals surface area contributed by atoms with E-state index >= 15 is 0 Å². The predicted octanol–water partition coefficient (Wildman–Crippen LogP) is 3.73. The molecule has 0 saturated heterocycles. The number of rotatable bonds is 12. The molecule has 0 fully saturated rings.